The van der Waals surface area contributed by atoms with Gasteiger partial charge in [0.15, 0.2) is 38.7 Å². The van der Waals surface area contributed by atoms with Crippen molar-refractivity contribution >= 4 is 26.2 Å². The van der Waals surface area contributed by atoms with Gasteiger partial charge in [-0.15, -0.1) is 6.58 Å². The molecule has 0 radical (unpaired) electrons. The van der Waals surface area contributed by atoms with Crippen LogP contribution in [0.1, 0.15) is 109 Å². The summed E-state index contributed by atoms with van der Waals surface area (Å²) in [5.41, 5.74) is -2.31. The summed E-state index contributed by atoms with van der Waals surface area (Å²) < 4.78 is 72.7. The van der Waals surface area contributed by atoms with Crippen molar-refractivity contribution in [2.45, 2.75) is 213 Å². The molecule has 17 atom stereocenters. The van der Waals surface area contributed by atoms with Gasteiger partial charge in [-0.05, 0) is 101 Å². The van der Waals surface area contributed by atoms with E-state index in [1.807, 2.05) is 67.5 Å². The summed E-state index contributed by atoms with van der Waals surface area (Å²) in [6, 6.07) is -0.244. The average Bonchev–Trinajstić information content (AvgIpc) is 3.43. The summed E-state index contributed by atoms with van der Waals surface area (Å²) in [5.74, 6) is -2.47. The smallest absolute Gasteiger partial charge is 0.311 e. The molecule has 0 aromatic heterocycles. The van der Waals surface area contributed by atoms with Gasteiger partial charge in [0, 0.05) is 45.6 Å². The summed E-state index contributed by atoms with van der Waals surface area (Å²) in [7, 11) is 3.26. The van der Waals surface area contributed by atoms with Crippen LogP contribution >= 0.6 is 0 Å². The molecule has 0 aromatic rings. The first kappa shape index (κ1) is 53.2. The molecule has 2 bridgehead atoms. The van der Waals surface area contributed by atoms with Gasteiger partial charge in [-0.25, -0.2) is 0 Å². The molecule has 15 nitrogen and oxygen atoms in total. The zero-order chi connectivity index (χ0) is 47.6. The molecule has 16 heteroatoms. The molecular formula is C47H81NO14Si. The summed E-state index contributed by atoms with van der Waals surface area (Å²) in [5, 5.41) is 0. The number of likely N-dealkylation sites (N-methyl/N-ethyl adjacent to an activating group) is 1. The molecule has 4 heterocycles. The lowest BCUT2D eigenvalue weighted by Gasteiger charge is -2.50. The second-order valence-electron chi connectivity index (χ2n) is 20.3. The summed E-state index contributed by atoms with van der Waals surface area (Å²) >= 11 is 0. The minimum absolute atomic E-state index is 0.158. The Labute approximate surface area is 378 Å². The van der Waals surface area contributed by atoms with Crippen molar-refractivity contribution in [2.24, 2.45) is 17.8 Å². The number of carbonyl (C=O) groups is 3. The van der Waals surface area contributed by atoms with Crippen molar-refractivity contribution in [3.8, 4) is 0 Å². The quantitative estimate of drug-likeness (QED) is 0.0752. The lowest BCUT2D eigenvalue weighted by Crippen LogP contribution is -2.61. The molecule has 63 heavy (non-hydrogen) atoms. The van der Waals surface area contributed by atoms with Crippen LogP contribution in [0, 0.1) is 17.8 Å². The Morgan fingerprint density at radius 2 is 1.54 bits per heavy atom. The number of fused-ring (bicyclic) bond motifs is 2. The first-order chi connectivity index (χ1) is 29.1. The second kappa shape index (κ2) is 21.0. The van der Waals surface area contributed by atoms with E-state index in [0.717, 1.165) is 11.3 Å². The van der Waals surface area contributed by atoms with Crippen LogP contribution in [0.5, 0.6) is 0 Å². The van der Waals surface area contributed by atoms with Crippen LogP contribution in [0.3, 0.4) is 0 Å². The van der Waals surface area contributed by atoms with Crippen molar-refractivity contribution in [3.63, 3.8) is 0 Å². The van der Waals surface area contributed by atoms with Crippen LogP contribution in [0.15, 0.2) is 24.0 Å². The monoisotopic (exact) mass is 912 g/mol. The normalized spacial score (nSPS) is 41.7. The standard InChI is InChI=1S/C47H81NO14Si/c1-20-22-53-46(12)24-26(3)37-28(5)41(62-63(17,18)19)47(13,61-37)35(21-2)58-43(51)30(7)38(59-36-25-45(11,52-16)42(31(8)55-36)57-33(10)50)29(6)40(46)60-44-39(56-32(9)49)34(48(14)15)23-27(4)54-44/h20,27-31,34-36,38-42,44H,1,21-25H2,2-19H3/t27-,28+,29+,30-,31+,34+,35-,36?,38+,39-,40-,41-,42+,44+,45-,46-,47?/m1/s1. The van der Waals surface area contributed by atoms with Crippen LogP contribution in [0.4, 0.5) is 0 Å². The Kier molecular flexibility index (Phi) is 17.8. The summed E-state index contributed by atoms with van der Waals surface area (Å²) in [6.07, 6.45) is -4.18. The predicted molar refractivity (Wildman–Crippen MR) is 239 cm³/mol. The van der Waals surface area contributed by atoms with Gasteiger partial charge in [0.05, 0.1) is 54.7 Å². The Morgan fingerprint density at radius 1 is 0.905 bits per heavy atom. The van der Waals surface area contributed by atoms with Crippen molar-refractivity contribution in [1.29, 1.82) is 0 Å². The Morgan fingerprint density at radius 3 is 2.08 bits per heavy atom. The van der Waals surface area contributed by atoms with E-state index in [2.05, 4.69) is 33.1 Å². The van der Waals surface area contributed by atoms with E-state index < -0.39 is 110 Å². The number of ether oxygens (including phenoxy) is 10. The van der Waals surface area contributed by atoms with Gasteiger partial charge in [0.1, 0.15) is 17.5 Å². The lowest BCUT2D eigenvalue weighted by atomic mass is 9.77. The molecule has 362 valence electrons. The van der Waals surface area contributed by atoms with Crippen LogP contribution in [-0.2, 0) is 66.2 Å². The lowest BCUT2D eigenvalue weighted by molar-refractivity contribution is -0.320. The zero-order valence-electron chi connectivity index (χ0n) is 41.6. The third-order valence-electron chi connectivity index (χ3n) is 13.4. The fourth-order valence-electron chi connectivity index (χ4n) is 10.4. The number of cyclic esters (lactones) is 1. The molecule has 0 aromatic carbocycles. The molecule has 3 saturated heterocycles. The number of carbonyl (C=O) groups excluding carboxylic acids is 3. The molecule has 4 aliphatic rings. The van der Waals surface area contributed by atoms with E-state index in [9.17, 15) is 14.4 Å². The predicted octanol–water partition coefficient (Wildman–Crippen LogP) is 7.10. The number of hydrogen-bond acceptors (Lipinski definition) is 15. The van der Waals surface area contributed by atoms with Crippen molar-refractivity contribution in [2.75, 3.05) is 27.8 Å². The van der Waals surface area contributed by atoms with Crippen LogP contribution in [-0.4, -0.2) is 143 Å². The van der Waals surface area contributed by atoms with E-state index in [4.69, 9.17) is 51.8 Å². The van der Waals surface area contributed by atoms with Gasteiger partial charge in [0.2, 0.25) is 0 Å². The Balaban J connectivity index is 1.99. The zero-order valence-corrected chi connectivity index (χ0v) is 42.6. The number of methoxy groups -OCH3 is 1. The van der Waals surface area contributed by atoms with Gasteiger partial charge < -0.3 is 56.7 Å². The van der Waals surface area contributed by atoms with Crippen molar-refractivity contribution in [1.82, 2.24) is 4.90 Å². The number of hydrogen-bond donors (Lipinski definition) is 0. The third kappa shape index (κ3) is 12.1. The van der Waals surface area contributed by atoms with Crippen molar-refractivity contribution in [3.05, 3.63) is 24.0 Å². The molecule has 3 fully saturated rings. The maximum atomic E-state index is 14.9. The molecule has 0 spiro atoms. The highest BCUT2D eigenvalue weighted by molar-refractivity contribution is 6.69. The minimum Gasteiger partial charge on any atom is -0.485 e. The highest BCUT2D eigenvalue weighted by Gasteiger charge is 2.59. The van der Waals surface area contributed by atoms with Gasteiger partial charge in [-0.1, -0.05) is 26.8 Å². The van der Waals surface area contributed by atoms with Crippen LogP contribution in [0.25, 0.3) is 0 Å². The van der Waals surface area contributed by atoms with E-state index in [-0.39, 0.29) is 31.1 Å². The third-order valence-corrected chi connectivity index (χ3v) is 14.4. The molecule has 0 amide bonds. The number of esters is 3. The molecule has 0 aliphatic carbocycles. The molecule has 2 unspecified atom stereocenters. The maximum Gasteiger partial charge on any atom is 0.311 e. The summed E-state index contributed by atoms with van der Waals surface area (Å²) in [4.78, 5) is 41.9. The molecular weight excluding hydrogens is 831 g/mol. The van der Waals surface area contributed by atoms with Gasteiger partial charge in [0.25, 0.3) is 0 Å². The largest absolute Gasteiger partial charge is 0.485 e. The summed E-state index contributed by atoms with van der Waals surface area (Å²) in [6.45, 7) is 32.7. The molecule has 4 aliphatic heterocycles. The highest BCUT2D eigenvalue weighted by Crippen LogP contribution is 2.49. The first-order valence-corrected chi connectivity index (χ1v) is 26.3. The number of rotatable bonds is 14. The second-order valence-corrected chi connectivity index (χ2v) is 24.7. The maximum absolute atomic E-state index is 14.9. The SMILES string of the molecule is C=CCO[C@]1(C)CC(C)=C2OC(C)([C@H](O[Si](C)(C)C)[C@H]2C)[C@@H](CC)OC(=O)[C@H](C)[C@@H](OC2C[C@@](C)(OC)[C@@H](OC(C)=O)[C@H](C)O2)[C@H](C)[C@H]1O[C@@H]1O[C@H](C)C[C@H](N(C)C)[C@H]1OC(C)=O. The van der Waals surface area contributed by atoms with E-state index in [1.165, 1.54) is 13.8 Å². The Hall–Kier alpha value is -2.41. The van der Waals surface area contributed by atoms with Gasteiger partial charge in [-0.3, -0.25) is 14.4 Å². The van der Waals surface area contributed by atoms with E-state index in [0.29, 0.717) is 19.3 Å². The van der Waals surface area contributed by atoms with Crippen LogP contribution in [0.2, 0.25) is 19.6 Å². The first-order valence-electron chi connectivity index (χ1n) is 22.8. The number of nitrogens with zero attached hydrogens (tertiary/aromatic N) is 1. The van der Waals surface area contributed by atoms with Crippen LogP contribution < -0.4 is 0 Å². The van der Waals surface area contributed by atoms with E-state index in [1.54, 1.807) is 27.0 Å². The van der Waals surface area contributed by atoms with Crippen molar-refractivity contribution < 1.29 is 66.2 Å². The Bertz CT molecular complexity index is 1640. The minimum atomic E-state index is -2.18. The highest BCUT2D eigenvalue weighted by atomic mass is 28.4. The topological polar surface area (TPSA) is 156 Å². The fraction of sp³-hybridized carbons (Fsp3) is 0.851. The van der Waals surface area contributed by atoms with Gasteiger partial charge >= 0.3 is 17.9 Å². The molecule has 4 rings (SSSR count). The molecule has 0 N–H and O–H groups in total. The fourth-order valence-corrected chi connectivity index (χ4v) is 11.6. The average molecular weight is 912 g/mol. The van der Waals surface area contributed by atoms with E-state index >= 15 is 0 Å². The molecule has 0 saturated carbocycles. The van der Waals surface area contributed by atoms with Gasteiger partial charge in [-0.2, -0.15) is 0 Å².